The van der Waals surface area contributed by atoms with E-state index in [0.29, 0.717) is 49.4 Å². The molecule has 2 fully saturated rings. The summed E-state index contributed by atoms with van der Waals surface area (Å²) in [6.07, 6.45) is 7.64. The number of hydrogen-bond acceptors (Lipinski definition) is 6. The highest BCUT2D eigenvalue weighted by molar-refractivity contribution is 5.91. The van der Waals surface area contributed by atoms with E-state index in [0.717, 1.165) is 38.7 Å². The SMILES string of the molecule is O=C(c1ccc(Cn2cncn2)o1)N1CCC2(CC1)CC(CCOc1ccc(F)cc1)CCO2. The Hall–Kier alpha value is -3.20. The van der Waals surface area contributed by atoms with Gasteiger partial charge in [0.2, 0.25) is 0 Å². The summed E-state index contributed by atoms with van der Waals surface area (Å²) >= 11 is 0. The van der Waals surface area contributed by atoms with Crippen molar-refractivity contribution in [1.29, 1.82) is 0 Å². The van der Waals surface area contributed by atoms with Gasteiger partial charge in [-0.2, -0.15) is 5.10 Å². The molecule has 4 heterocycles. The van der Waals surface area contributed by atoms with Crippen LogP contribution >= 0.6 is 0 Å². The van der Waals surface area contributed by atoms with Gasteiger partial charge < -0.3 is 18.8 Å². The summed E-state index contributed by atoms with van der Waals surface area (Å²) in [5, 5.41) is 4.06. The van der Waals surface area contributed by atoms with Crippen LogP contribution in [0.25, 0.3) is 0 Å². The van der Waals surface area contributed by atoms with Crippen molar-refractivity contribution in [2.45, 2.75) is 44.2 Å². The molecule has 2 aliphatic heterocycles. The molecule has 1 spiro atoms. The van der Waals surface area contributed by atoms with Crippen molar-refractivity contribution in [1.82, 2.24) is 19.7 Å². The van der Waals surface area contributed by atoms with Gasteiger partial charge >= 0.3 is 0 Å². The van der Waals surface area contributed by atoms with Crippen LogP contribution in [-0.2, 0) is 11.3 Å². The van der Waals surface area contributed by atoms with Gasteiger partial charge in [-0.05, 0) is 74.4 Å². The van der Waals surface area contributed by atoms with Crippen LogP contribution in [-0.4, -0.2) is 57.5 Å². The average Bonchev–Trinajstić information content (AvgIpc) is 3.53. The Labute approximate surface area is 197 Å². The van der Waals surface area contributed by atoms with Crippen molar-refractivity contribution in [3.05, 3.63) is 66.4 Å². The van der Waals surface area contributed by atoms with E-state index < -0.39 is 0 Å². The lowest BCUT2D eigenvalue weighted by atomic mass is 9.78. The summed E-state index contributed by atoms with van der Waals surface area (Å²) in [6, 6.07) is 9.67. The molecule has 1 amide bonds. The Morgan fingerprint density at radius 2 is 2.00 bits per heavy atom. The summed E-state index contributed by atoms with van der Waals surface area (Å²) in [5.41, 5.74) is -0.170. The molecule has 0 saturated carbocycles. The van der Waals surface area contributed by atoms with Gasteiger partial charge in [-0.3, -0.25) is 4.79 Å². The molecule has 9 heteroatoms. The van der Waals surface area contributed by atoms with Crippen molar-refractivity contribution < 1.29 is 23.1 Å². The van der Waals surface area contributed by atoms with Crippen LogP contribution in [0.1, 0.15) is 48.4 Å². The molecule has 5 rings (SSSR count). The predicted octanol–water partition coefficient (Wildman–Crippen LogP) is 3.93. The summed E-state index contributed by atoms with van der Waals surface area (Å²) in [4.78, 5) is 18.7. The summed E-state index contributed by atoms with van der Waals surface area (Å²) in [6.45, 7) is 3.08. The maximum atomic E-state index is 13.0. The standard InChI is InChI=1S/C25H29FN4O4/c26-20-1-3-21(4-2-20)32-13-7-19-8-14-33-25(15-19)9-11-29(12-10-25)24(31)23-6-5-22(34-23)16-30-18-27-17-28-30/h1-6,17-19H,7-16H2. The van der Waals surface area contributed by atoms with Gasteiger partial charge in [0.15, 0.2) is 5.76 Å². The molecule has 34 heavy (non-hydrogen) atoms. The number of aromatic nitrogens is 3. The molecular weight excluding hydrogens is 439 g/mol. The van der Waals surface area contributed by atoms with Crippen molar-refractivity contribution in [3.63, 3.8) is 0 Å². The second-order valence-corrected chi connectivity index (χ2v) is 9.13. The van der Waals surface area contributed by atoms with E-state index in [9.17, 15) is 9.18 Å². The highest BCUT2D eigenvalue weighted by Crippen LogP contribution is 2.39. The lowest BCUT2D eigenvalue weighted by Crippen LogP contribution is -2.50. The molecule has 0 radical (unpaired) electrons. The normalized spacial score (nSPS) is 19.9. The molecule has 8 nitrogen and oxygen atoms in total. The molecule has 1 aromatic carbocycles. The third-order valence-electron chi connectivity index (χ3n) is 6.82. The fraction of sp³-hybridized carbons (Fsp3) is 0.480. The number of amides is 1. The number of benzene rings is 1. The zero-order valence-electron chi connectivity index (χ0n) is 19.1. The number of halogens is 1. The topological polar surface area (TPSA) is 82.6 Å². The summed E-state index contributed by atoms with van der Waals surface area (Å²) in [5.74, 6) is 1.89. The van der Waals surface area contributed by atoms with Gasteiger partial charge in [0, 0.05) is 19.7 Å². The highest BCUT2D eigenvalue weighted by Gasteiger charge is 2.41. The number of carbonyl (C=O) groups is 1. The van der Waals surface area contributed by atoms with Crippen molar-refractivity contribution in [2.75, 3.05) is 26.3 Å². The summed E-state index contributed by atoms with van der Waals surface area (Å²) in [7, 11) is 0. The number of nitrogens with zero attached hydrogens (tertiary/aromatic N) is 4. The van der Waals surface area contributed by atoms with Crippen LogP contribution in [0.2, 0.25) is 0 Å². The first-order valence-electron chi connectivity index (χ1n) is 11.8. The molecule has 2 saturated heterocycles. The molecule has 180 valence electrons. The minimum atomic E-state index is -0.261. The zero-order valence-corrected chi connectivity index (χ0v) is 19.1. The molecule has 0 N–H and O–H groups in total. The fourth-order valence-corrected chi connectivity index (χ4v) is 4.92. The van der Waals surface area contributed by atoms with E-state index in [1.807, 2.05) is 11.0 Å². The number of likely N-dealkylation sites (tertiary alicyclic amines) is 1. The van der Waals surface area contributed by atoms with Crippen molar-refractivity contribution in [2.24, 2.45) is 5.92 Å². The minimum absolute atomic E-state index is 0.0836. The maximum absolute atomic E-state index is 13.0. The fourth-order valence-electron chi connectivity index (χ4n) is 4.92. The molecular formula is C25H29FN4O4. The highest BCUT2D eigenvalue weighted by atomic mass is 19.1. The van der Waals surface area contributed by atoms with E-state index in [1.54, 1.807) is 29.2 Å². The Kier molecular flexibility index (Phi) is 6.62. The Bertz CT molecular complexity index is 1070. The van der Waals surface area contributed by atoms with E-state index in [2.05, 4.69) is 10.1 Å². The van der Waals surface area contributed by atoms with Crippen LogP contribution < -0.4 is 4.74 Å². The van der Waals surface area contributed by atoms with Gasteiger partial charge in [-0.1, -0.05) is 0 Å². The number of rotatable bonds is 7. The van der Waals surface area contributed by atoms with Crippen LogP contribution in [0, 0.1) is 11.7 Å². The van der Waals surface area contributed by atoms with Crippen molar-refractivity contribution >= 4 is 5.91 Å². The van der Waals surface area contributed by atoms with Crippen molar-refractivity contribution in [3.8, 4) is 5.75 Å². The number of ether oxygens (including phenoxy) is 2. The number of carbonyl (C=O) groups excluding carboxylic acids is 1. The third-order valence-corrected chi connectivity index (χ3v) is 6.82. The smallest absolute Gasteiger partial charge is 0.289 e. The quantitative estimate of drug-likeness (QED) is 0.523. The first-order valence-corrected chi connectivity index (χ1v) is 11.8. The van der Waals surface area contributed by atoms with E-state index in [4.69, 9.17) is 13.9 Å². The monoisotopic (exact) mass is 468 g/mol. The molecule has 0 bridgehead atoms. The number of piperidine rings is 1. The molecule has 2 aromatic heterocycles. The van der Waals surface area contributed by atoms with E-state index in [-0.39, 0.29) is 17.3 Å². The second kappa shape index (κ2) is 9.97. The lowest BCUT2D eigenvalue weighted by Gasteiger charge is -2.46. The Morgan fingerprint density at radius 3 is 2.76 bits per heavy atom. The maximum Gasteiger partial charge on any atom is 0.289 e. The molecule has 0 aliphatic carbocycles. The van der Waals surface area contributed by atoms with Crippen LogP contribution in [0.15, 0.2) is 53.5 Å². The van der Waals surface area contributed by atoms with E-state index >= 15 is 0 Å². The first-order chi connectivity index (χ1) is 16.6. The number of hydrogen-bond donors (Lipinski definition) is 0. The molecule has 3 aromatic rings. The van der Waals surface area contributed by atoms with Crippen LogP contribution in [0.4, 0.5) is 4.39 Å². The third kappa shape index (κ3) is 5.30. The Morgan fingerprint density at radius 1 is 1.18 bits per heavy atom. The first kappa shape index (κ1) is 22.6. The van der Waals surface area contributed by atoms with Gasteiger partial charge in [-0.25, -0.2) is 14.1 Å². The van der Waals surface area contributed by atoms with Crippen LogP contribution in [0.5, 0.6) is 5.75 Å². The van der Waals surface area contributed by atoms with E-state index in [1.165, 1.54) is 18.5 Å². The van der Waals surface area contributed by atoms with Gasteiger partial charge in [0.1, 0.15) is 36.5 Å². The van der Waals surface area contributed by atoms with Gasteiger partial charge in [-0.15, -0.1) is 0 Å². The van der Waals surface area contributed by atoms with Gasteiger partial charge in [0.25, 0.3) is 5.91 Å². The largest absolute Gasteiger partial charge is 0.494 e. The molecule has 1 unspecified atom stereocenters. The Balaban J connectivity index is 1.10. The van der Waals surface area contributed by atoms with Crippen LogP contribution in [0.3, 0.4) is 0 Å². The molecule has 2 aliphatic rings. The summed E-state index contributed by atoms with van der Waals surface area (Å²) < 4.78 is 32.5. The van der Waals surface area contributed by atoms with Gasteiger partial charge in [0.05, 0.1) is 12.2 Å². The average molecular weight is 469 g/mol. The second-order valence-electron chi connectivity index (χ2n) is 9.13. The minimum Gasteiger partial charge on any atom is -0.494 e. The zero-order chi connectivity index (χ0) is 23.4. The predicted molar refractivity (Wildman–Crippen MR) is 121 cm³/mol. The number of furan rings is 1. The lowest BCUT2D eigenvalue weighted by molar-refractivity contribution is -0.125. The molecule has 1 atom stereocenters.